The number of halogens is 1. The van der Waals surface area contributed by atoms with E-state index in [9.17, 15) is 18.8 Å². The number of carbonyl (C=O) groups is 3. The van der Waals surface area contributed by atoms with E-state index in [1.165, 1.54) is 24.3 Å². The van der Waals surface area contributed by atoms with E-state index >= 15 is 0 Å². The third-order valence-corrected chi connectivity index (χ3v) is 5.66. The smallest absolute Gasteiger partial charge is 0.251 e. The summed E-state index contributed by atoms with van der Waals surface area (Å²) in [7, 11) is 0. The van der Waals surface area contributed by atoms with Crippen LogP contribution in [-0.4, -0.2) is 37.4 Å². The summed E-state index contributed by atoms with van der Waals surface area (Å²) in [6.45, 7) is 1.62. The highest BCUT2D eigenvalue weighted by Crippen LogP contribution is 2.28. The van der Waals surface area contributed by atoms with Crippen LogP contribution in [0.2, 0.25) is 0 Å². The van der Waals surface area contributed by atoms with Crippen molar-refractivity contribution in [2.45, 2.75) is 25.7 Å². The molecule has 4 rings (SSSR count). The molecule has 0 bridgehead atoms. The molecular weight excluding hydrogens is 385 g/mol. The van der Waals surface area contributed by atoms with Gasteiger partial charge in [-0.3, -0.25) is 14.4 Å². The Morgan fingerprint density at radius 2 is 1.60 bits per heavy atom. The van der Waals surface area contributed by atoms with Crippen molar-refractivity contribution in [3.63, 3.8) is 0 Å². The Bertz CT molecular complexity index is 943. The monoisotopic (exact) mass is 409 g/mol. The maximum absolute atomic E-state index is 13.0. The number of nitrogens with one attached hydrogen (secondary N) is 1. The number of hydrogen-bond acceptors (Lipinski definition) is 3. The lowest BCUT2D eigenvalue weighted by Gasteiger charge is -2.27. The van der Waals surface area contributed by atoms with Gasteiger partial charge in [0.2, 0.25) is 11.8 Å². The van der Waals surface area contributed by atoms with Crippen LogP contribution in [0.5, 0.6) is 0 Å². The highest BCUT2D eigenvalue weighted by Gasteiger charge is 2.31. The summed E-state index contributed by atoms with van der Waals surface area (Å²) in [5, 5.41) is 2.83. The summed E-state index contributed by atoms with van der Waals surface area (Å²) < 4.78 is 13.0. The van der Waals surface area contributed by atoms with E-state index < -0.39 is 0 Å². The largest absolute Gasteiger partial charge is 0.352 e. The molecule has 0 spiro atoms. The third-order valence-electron chi connectivity index (χ3n) is 5.66. The second kappa shape index (κ2) is 8.65. The van der Waals surface area contributed by atoms with Crippen LogP contribution >= 0.6 is 0 Å². The normalized spacial score (nSPS) is 19.3. The van der Waals surface area contributed by atoms with Crippen molar-refractivity contribution >= 4 is 29.1 Å². The lowest BCUT2D eigenvalue weighted by Crippen LogP contribution is -2.35. The van der Waals surface area contributed by atoms with Crippen LogP contribution in [0.25, 0.3) is 0 Å². The number of piperidine rings is 1. The van der Waals surface area contributed by atoms with Gasteiger partial charge in [0, 0.05) is 55.3 Å². The Hall–Kier alpha value is -3.22. The van der Waals surface area contributed by atoms with Crippen molar-refractivity contribution in [3.8, 4) is 0 Å². The van der Waals surface area contributed by atoms with Gasteiger partial charge in [-0.15, -0.1) is 0 Å². The molecule has 0 aliphatic carbocycles. The standard InChI is InChI=1S/C23H24FN3O3/c24-18-6-4-17(5-7-18)23(30)25-14-16-13-22(29)27(15-16)20-10-8-19(9-11-20)26-12-2-1-3-21(26)28/h4-11,16H,1-3,12-15H2,(H,25,30). The first kappa shape index (κ1) is 20.1. The van der Waals surface area contributed by atoms with Crippen LogP contribution < -0.4 is 15.1 Å². The molecule has 2 aliphatic heterocycles. The highest BCUT2D eigenvalue weighted by atomic mass is 19.1. The van der Waals surface area contributed by atoms with E-state index in [4.69, 9.17) is 0 Å². The Morgan fingerprint density at radius 3 is 2.27 bits per heavy atom. The van der Waals surface area contributed by atoms with Gasteiger partial charge in [-0.05, 0) is 61.4 Å². The number of nitrogens with zero attached hydrogens (tertiary/aromatic N) is 2. The molecule has 2 heterocycles. The summed E-state index contributed by atoms with van der Waals surface area (Å²) in [5.41, 5.74) is 2.04. The van der Waals surface area contributed by atoms with Gasteiger partial charge >= 0.3 is 0 Å². The average molecular weight is 409 g/mol. The van der Waals surface area contributed by atoms with Crippen molar-refractivity contribution in [1.29, 1.82) is 0 Å². The second-order valence-electron chi connectivity index (χ2n) is 7.81. The molecule has 3 amide bonds. The molecule has 2 aromatic rings. The van der Waals surface area contributed by atoms with Crippen LogP contribution in [-0.2, 0) is 9.59 Å². The zero-order chi connectivity index (χ0) is 21.1. The highest BCUT2D eigenvalue weighted by molar-refractivity contribution is 5.97. The van der Waals surface area contributed by atoms with Crippen LogP contribution in [0.4, 0.5) is 15.8 Å². The van der Waals surface area contributed by atoms with E-state index in [-0.39, 0.29) is 29.5 Å². The zero-order valence-corrected chi connectivity index (χ0v) is 16.6. The summed E-state index contributed by atoms with van der Waals surface area (Å²) >= 11 is 0. The van der Waals surface area contributed by atoms with Crippen molar-refractivity contribution in [2.75, 3.05) is 29.4 Å². The fourth-order valence-corrected chi connectivity index (χ4v) is 4.00. The van der Waals surface area contributed by atoms with E-state index in [2.05, 4.69) is 5.32 Å². The molecule has 1 N–H and O–H groups in total. The van der Waals surface area contributed by atoms with E-state index in [1.807, 2.05) is 24.3 Å². The van der Waals surface area contributed by atoms with E-state index in [1.54, 1.807) is 9.80 Å². The minimum atomic E-state index is -0.390. The number of anilines is 2. The van der Waals surface area contributed by atoms with Gasteiger partial charge < -0.3 is 15.1 Å². The summed E-state index contributed by atoms with van der Waals surface area (Å²) in [6.07, 6.45) is 2.88. The van der Waals surface area contributed by atoms with Gasteiger partial charge in [0.25, 0.3) is 5.91 Å². The molecule has 7 heteroatoms. The molecule has 156 valence electrons. The van der Waals surface area contributed by atoms with Crippen LogP contribution in [0, 0.1) is 11.7 Å². The van der Waals surface area contributed by atoms with E-state index in [0.717, 1.165) is 30.8 Å². The molecule has 30 heavy (non-hydrogen) atoms. The first-order chi connectivity index (χ1) is 14.5. The van der Waals surface area contributed by atoms with Gasteiger partial charge in [-0.1, -0.05) is 0 Å². The minimum absolute atomic E-state index is 0.00486. The molecule has 2 aromatic carbocycles. The first-order valence-corrected chi connectivity index (χ1v) is 10.3. The molecule has 0 saturated carbocycles. The van der Waals surface area contributed by atoms with Crippen molar-refractivity contribution in [1.82, 2.24) is 5.32 Å². The number of hydrogen-bond donors (Lipinski definition) is 1. The van der Waals surface area contributed by atoms with Crippen molar-refractivity contribution in [3.05, 3.63) is 59.9 Å². The van der Waals surface area contributed by atoms with Gasteiger partial charge in [-0.25, -0.2) is 4.39 Å². The van der Waals surface area contributed by atoms with Crippen LogP contribution in [0.1, 0.15) is 36.0 Å². The number of rotatable bonds is 5. The molecule has 0 radical (unpaired) electrons. The SMILES string of the molecule is O=C(NCC1CC(=O)N(c2ccc(N3CCCCC3=O)cc2)C1)c1ccc(F)cc1. The lowest BCUT2D eigenvalue weighted by atomic mass is 10.1. The maximum atomic E-state index is 13.0. The molecular formula is C23H24FN3O3. The van der Waals surface area contributed by atoms with E-state index in [0.29, 0.717) is 31.5 Å². The van der Waals surface area contributed by atoms with Crippen LogP contribution in [0.15, 0.2) is 48.5 Å². The predicted octanol–water partition coefficient (Wildman–Crippen LogP) is 3.13. The molecule has 1 unspecified atom stereocenters. The number of amides is 3. The van der Waals surface area contributed by atoms with Gasteiger partial charge in [0.15, 0.2) is 0 Å². The Labute approximate surface area is 174 Å². The van der Waals surface area contributed by atoms with Crippen molar-refractivity contribution in [2.24, 2.45) is 5.92 Å². The summed E-state index contributed by atoms with van der Waals surface area (Å²) in [6, 6.07) is 12.9. The van der Waals surface area contributed by atoms with Gasteiger partial charge in [0.1, 0.15) is 5.82 Å². The third kappa shape index (κ3) is 4.35. The second-order valence-corrected chi connectivity index (χ2v) is 7.81. The quantitative estimate of drug-likeness (QED) is 0.825. The summed E-state index contributed by atoms with van der Waals surface area (Å²) in [4.78, 5) is 40.3. The van der Waals surface area contributed by atoms with Gasteiger partial charge in [-0.2, -0.15) is 0 Å². The zero-order valence-electron chi connectivity index (χ0n) is 16.6. The molecule has 2 fully saturated rings. The Morgan fingerprint density at radius 1 is 0.933 bits per heavy atom. The first-order valence-electron chi connectivity index (χ1n) is 10.3. The lowest BCUT2D eigenvalue weighted by molar-refractivity contribution is -0.119. The number of carbonyl (C=O) groups excluding carboxylic acids is 3. The number of benzene rings is 2. The Kier molecular flexibility index (Phi) is 5.79. The average Bonchev–Trinajstić information content (AvgIpc) is 3.13. The fraction of sp³-hybridized carbons (Fsp3) is 0.348. The van der Waals surface area contributed by atoms with Crippen molar-refractivity contribution < 1.29 is 18.8 Å². The molecule has 2 saturated heterocycles. The molecule has 1 atom stereocenters. The fourth-order valence-electron chi connectivity index (χ4n) is 4.00. The van der Waals surface area contributed by atoms with Crippen LogP contribution in [0.3, 0.4) is 0 Å². The maximum Gasteiger partial charge on any atom is 0.251 e. The molecule has 6 nitrogen and oxygen atoms in total. The minimum Gasteiger partial charge on any atom is -0.352 e. The predicted molar refractivity (Wildman–Crippen MR) is 112 cm³/mol. The molecule has 0 aromatic heterocycles. The van der Waals surface area contributed by atoms with Gasteiger partial charge in [0.05, 0.1) is 0 Å². The Balaban J connectivity index is 1.34. The summed E-state index contributed by atoms with van der Waals surface area (Å²) in [5.74, 6) is -0.512. The topological polar surface area (TPSA) is 69.7 Å². The molecule has 2 aliphatic rings.